The van der Waals surface area contributed by atoms with Gasteiger partial charge in [0.25, 0.3) is 5.56 Å². The molecule has 49 heavy (non-hydrogen) atoms. The minimum absolute atomic E-state index is 0.0304. The van der Waals surface area contributed by atoms with Gasteiger partial charge < -0.3 is 28.8 Å². The number of fused-ring (bicyclic) bond motifs is 1. The van der Waals surface area contributed by atoms with Crippen molar-refractivity contribution in [3.8, 4) is 0 Å². The Morgan fingerprint density at radius 3 is 2.51 bits per heavy atom. The molecular weight excluding hydrogens is 675 g/mol. The number of hydrogen-bond acceptors (Lipinski definition) is 10. The first-order valence-electron chi connectivity index (χ1n) is 15.2. The number of amides is 3. The van der Waals surface area contributed by atoms with Crippen LogP contribution >= 0.6 is 11.6 Å². The second-order valence-electron chi connectivity index (χ2n) is 11.1. The lowest BCUT2D eigenvalue weighted by Crippen LogP contribution is -2.53. The number of halogens is 4. The molecule has 15 nitrogen and oxygen atoms in total. The van der Waals surface area contributed by atoms with Crippen LogP contribution in [-0.4, -0.2) is 86.2 Å². The van der Waals surface area contributed by atoms with E-state index >= 15 is 0 Å². The van der Waals surface area contributed by atoms with E-state index in [2.05, 4.69) is 25.7 Å². The lowest BCUT2D eigenvalue weighted by atomic mass is 10.1. The number of aromatic nitrogens is 5. The average Bonchev–Trinajstić information content (AvgIpc) is 3.77. The number of carbonyl (C=O) groups excluding carboxylic acids is 3. The van der Waals surface area contributed by atoms with Gasteiger partial charge in [0.15, 0.2) is 5.82 Å². The topological polar surface area (TPSA) is 169 Å². The van der Waals surface area contributed by atoms with Gasteiger partial charge in [-0.2, -0.15) is 22.7 Å². The Labute approximate surface area is 280 Å². The fourth-order valence-electron chi connectivity index (χ4n) is 5.63. The molecule has 3 amide bonds. The number of hydrogen-bond donors (Lipinski definition) is 2. The van der Waals surface area contributed by atoms with Crippen molar-refractivity contribution in [3.63, 3.8) is 0 Å². The minimum atomic E-state index is -4.62. The largest absolute Gasteiger partial charge is 0.432 e. The van der Waals surface area contributed by atoms with Crippen LogP contribution in [0.25, 0.3) is 11.4 Å². The number of rotatable bonds is 7. The van der Waals surface area contributed by atoms with Crippen molar-refractivity contribution in [3.05, 3.63) is 69.2 Å². The molecule has 1 aromatic carbocycles. The van der Waals surface area contributed by atoms with Crippen LogP contribution in [0, 0.1) is 0 Å². The third-order valence-electron chi connectivity index (χ3n) is 8.01. The van der Waals surface area contributed by atoms with Gasteiger partial charge in [-0.1, -0.05) is 24.6 Å². The molecule has 0 radical (unpaired) electrons. The number of alkyl halides is 3. The van der Waals surface area contributed by atoms with Gasteiger partial charge in [0.1, 0.15) is 18.5 Å². The van der Waals surface area contributed by atoms with E-state index < -0.39 is 41.6 Å². The van der Waals surface area contributed by atoms with Crippen molar-refractivity contribution in [2.45, 2.75) is 32.5 Å². The molecule has 6 rings (SSSR count). The Hall–Kier alpha value is -5.23. The van der Waals surface area contributed by atoms with E-state index in [9.17, 15) is 32.3 Å². The summed E-state index contributed by atoms with van der Waals surface area (Å²) in [6, 6.07) is 2.48. The molecule has 1 fully saturated rings. The van der Waals surface area contributed by atoms with Gasteiger partial charge >= 0.3 is 24.0 Å². The highest BCUT2D eigenvalue weighted by Crippen LogP contribution is 2.34. The van der Waals surface area contributed by atoms with Crippen LogP contribution in [0.3, 0.4) is 0 Å². The highest BCUT2D eigenvalue weighted by atomic mass is 35.5. The van der Waals surface area contributed by atoms with Gasteiger partial charge in [0.05, 0.1) is 41.4 Å². The van der Waals surface area contributed by atoms with Gasteiger partial charge in [0, 0.05) is 26.2 Å². The molecule has 3 aromatic heterocycles. The van der Waals surface area contributed by atoms with Crippen LogP contribution in [0.15, 0.2) is 45.9 Å². The Balaban J connectivity index is 1.31. The molecule has 19 heteroatoms. The van der Waals surface area contributed by atoms with Crippen molar-refractivity contribution in [1.29, 1.82) is 0 Å². The maximum atomic E-state index is 14.1. The van der Waals surface area contributed by atoms with Gasteiger partial charge in [-0.15, -0.1) is 5.10 Å². The summed E-state index contributed by atoms with van der Waals surface area (Å²) in [6.07, 6.45) is 0.535. The zero-order valence-electron chi connectivity index (χ0n) is 25.9. The first-order valence-corrected chi connectivity index (χ1v) is 15.5. The lowest BCUT2D eigenvalue weighted by molar-refractivity contribution is -0.143. The van der Waals surface area contributed by atoms with Crippen molar-refractivity contribution in [1.82, 2.24) is 29.0 Å². The molecule has 0 spiro atoms. The van der Waals surface area contributed by atoms with E-state index in [0.717, 1.165) is 28.3 Å². The predicted octanol–water partition coefficient (Wildman–Crippen LogP) is 2.84. The van der Waals surface area contributed by atoms with Crippen molar-refractivity contribution < 1.29 is 36.7 Å². The van der Waals surface area contributed by atoms with E-state index in [1.54, 1.807) is 11.8 Å². The van der Waals surface area contributed by atoms with Crippen molar-refractivity contribution in [2.24, 2.45) is 0 Å². The molecule has 0 atom stereocenters. The molecule has 0 saturated carbocycles. The summed E-state index contributed by atoms with van der Waals surface area (Å²) in [6.45, 7) is 2.72. The SMILES string of the molecule is CCc1c(N2CCN(C(=O)C(=O)Nc3ncco3)CC2)c(=O)n2nc(C3=CCOCC3)nc2n1CC(=O)Nc1ccc(C(F)(F)F)cc1Cl. The fraction of sp³-hybridized carbons (Fsp3) is 0.367. The number of nitrogens with one attached hydrogen (secondary N) is 2. The highest BCUT2D eigenvalue weighted by Gasteiger charge is 2.32. The molecule has 0 bridgehead atoms. The highest BCUT2D eigenvalue weighted by molar-refractivity contribution is 6.39. The van der Waals surface area contributed by atoms with E-state index in [4.69, 9.17) is 20.8 Å². The first kappa shape index (κ1) is 33.7. The third-order valence-corrected chi connectivity index (χ3v) is 8.33. The molecule has 0 unspecified atom stereocenters. The molecule has 0 aliphatic carbocycles. The Morgan fingerprint density at radius 2 is 1.88 bits per heavy atom. The maximum Gasteiger partial charge on any atom is 0.416 e. The van der Waals surface area contributed by atoms with Gasteiger partial charge in [0.2, 0.25) is 11.7 Å². The van der Waals surface area contributed by atoms with Crippen LogP contribution in [-0.2, 0) is 38.3 Å². The summed E-state index contributed by atoms with van der Waals surface area (Å²) < 4.78 is 52.5. The summed E-state index contributed by atoms with van der Waals surface area (Å²) in [4.78, 5) is 64.3. The molecule has 5 heterocycles. The number of ether oxygens (including phenoxy) is 1. The molecule has 2 aliphatic heterocycles. The average molecular weight is 704 g/mol. The second-order valence-corrected chi connectivity index (χ2v) is 11.5. The molecule has 258 valence electrons. The molecule has 2 N–H and O–H groups in total. The molecule has 2 aliphatic rings. The summed E-state index contributed by atoms with van der Waals surface area (Å²) in [5, 5.41) is 9.04. The van der Waals surface area contributed by atoms with Gasteiger partial charge in [-0.25, -0.2) is 4.98 Å². The number of anilines is 3. The molecule has 4 aromatic rings. The van der Waals surface area contributed by atoms with Crippen LogP contribution in [0.5, 0.6) is 0 Å². The Bertz CT molecular complexity index is 2000. The first-order chi connectivity index (χ1) is 23.4. The van der Waals surface area contributed by atoms with Crippen LogP contribution in [0.1, 0.15) is 30.4 Å². The van der Waals surface area contributed by atoms with E-state index in [1.807, 2.05) is 6.08 Å². The number of nitrogens with zero attached hydrogens (tertiary/aromatic N) is 7. The van der Waals surface area contributed by atoms with Gasteiger partial charge in [-0.3, -0.25) is 24.5 Å². The summed E-state index contributed by atoms with van der Waals surface area (Å²) >= 11 is 6.09. The lowest BCUT2D eigenvalue weighted by Gasteiger charge is -2.36. The zero-order chi connectivity index (χ0) is 34.9. The van der Waals surface area contributed by atoms with Crippen molar-refractivity contribution in [2.75, 3.05) is 54.9 Å². The monoisotopic (exact) mass is 703 g/mol. The Kier molecular flexibility index (Phi) is 9.42. The number of carbonyl (C=O) groups is 3. The predicted molar refractivity (Wildman–Crippen MR) is 169 cm³/mol. The summed E-state index contributed by atoms with van der Waals surface area (Å²) in [5.74, 6) is -2.00. The number of piperazine rings is 1. The van der Waals surface area contributed by atoms with Crippen molar-refractivity contribution >= 4 is 58.1 Å². The fourth-order valence-corrected chi connectivity index (χ4v) is 5.86. The minimum Gasteiger partial charge on any atom is -0.432 e. The van der Waals surface area contributed by atoms with Crippen LogP contribution in [0.4, 0.5) is 30.6 Å². The van der Waals surface area contributed by atoms with E-state index in [1.165, 1.54) is 21.9 Å². The molecular formula is C30H29ClF3N9O6. The number of oxazole rings is 1. The molecule has 1 saturated heterocycles. The second kappa shape index (κ2) is 13.7. The number of benzene rings is 1. The van der Waals surface area contributed by atoms with E-state index in [0.29, 0.717) is 25.3 Å². The van der Waals surface area contributed by atoms with Gasteiger partial charge in [-0.05, 0) is 36.6 Å². The quantitative estimate of drug-likeness (QED) is 0.273. The van der Waals surface area contributed by atoms with Crippen LogP contribution in [0.2, 0.25) is 5.02 Å². The van der Waals surface area contributed by atoms with Crippen LogP contribution < -0.4 is 21.1 Å². The smallest absolute Gasteiger partial charge is 0.416 e. The Morgan fingerprint density at radius 1 is 1.10 bits per heavy atom. The third kappa shape index (κ3) is 7.00. The normalized spacial score (nSPS) is 15.3. The summed E-state index contributed by atoms with van der Waals surface area (Å²) in [5.41, 5.74) is -0.0709. The summed E-state index contributed by atoms with van der Waals surface area (Å²) in [7, 11) is 0. The van der Waals surface area contributed by atoms with E-state index in [-0.39, 0.29) is 66.6 Å². The maximum absolute atomic E-state index is 14.1. The zero-order valence-corrected chi connectivity index (χ0v) is 26.7. The standard InChI is InChI=1S/C30H29ClF3N9O6/c1-2-21-23(40-8-10-41(11-9-40)27(47)25(45)38-28-35-7-14-49-28)26(46)43-29(37-24(39-43)17-5-12-48-13-6-17)42(21)16-22(44)36-20-4-3-18(15-19(20)31)30(32,33)34/h3-5,7,14-15H,2,6,8-13,16H2,1H3,(H,36,44)(H,35,38,45).